The van der Waals surface area contributed by atoms with Gasteiger partial charge in [0.1, 0.15) is 6.29 Å². The Morgan fingerprint density at radius 2 is 1.82 bits per heavy atom. The van der Waals surface area contributed by atoms with Crippen LogP contribution < -0.4 is 9.47 Å². The Morgan fingerprint density at radius 3 is 2.24 bits per heavy atom. The molecule has 1 atom stereocenters. The number of benzene rings is 1. The Kier molecular flexibility index (Phi) is 4.03. The summed E-state index contributed by atoms with van der Waals surface area (Å²) < 4.78 is 10.0. The van der Waals surface area contributed by atoms with Gasteiger partial charge in [0.05, 0.1) is 25.2 Å². The summed E-state index contributed by atoms with van der Waals surface area (Å²) in [4.78, 5) is 21.1. The summed E-state index contributed by atoms with van der Waals surface area (Å²) in [5.74, 6) is 0.0538. The van der Waals surface area contributed by atoms with Gasteiger partial charge in [0.15, 0.2) is 11.5 Å². The molecule has 1 rings (SSSR count). The van der Waals surface area contributed by atoms with E-state index < -0.39 is 10.8 Å². The van der Waals surface area contributed by atoms with E-state index in [0.29, 0.717) is 17.6 Å². The van der Waals surface area contributed by atoms with Gasteiger partial charge in [-0.25, -0.2) is 0 Å². The van der Waals surface area contributed by atoms with Gasteiger partial charge in [0, 0.05) is 11.5 Å². The molecule has 0 aliphatic carbocycles. The number of carbonyl (C=O) groups excluding carboxylic acids is 1. The van der Waals surface area contributed by atoms with Crippen molar-refractivity contribution in [2.24, 2.45) is 0 Å². The Balaban J connectivity index is 3.45. The van der Waals surface area contributed by atoms with Crippen LogP contribution in [0.3, 0.4) is 0 Å². The largest absolute Gasteiger partial charge is 0.493 e. The summed E-state index contributed by atoms with van der Waals surface area (Å²) in [6, 6.07) is 2.71. The molecule has 0 saturated heterocycles. The number of hydrogen-bond acceptors (Lipinski definition) is 5. The third kappa shape index (κ3) is 2.52. The summed E-state index contributed by atoms with van der Waals surface area (Å²) in [6.07, 6.45) is 0.647. The minimum Gasteiger partial charge on any atom is -0.493 e. The van der Waals surface area contributed by atoms with Crippen LogP contribution in [-0.4, -0.2) is 25.4 Å². The molecule has 0 heterocycles. The van der Waals surface area contributed by atoms with E-state index >= 15 is 0 Å². The van der Waals surface area contributed by atoms with E-state index in [2.05, 4.69) is 0 Å². The van der Waals surface area contributed by atoms with Gasteiger partial charge in [-0.3, -0.25) is 10.1 Å². The number of hydrogen-bond donors (Lipinski definition) is 0. The molecule has 6 heteroatoms. The molecule has 0 N–H and O–H groups in total. The Hall–Kier alpha value is -2.11. The lowest BCUT2D eigenvalue weighted by Gasteiger charge is -2.11. The standard InChI is InChI=1S/C11H13NO5/c1-7(6-13)8-4-10(16-2)11(17-3)5-9(8)12(14)15/h4-7H,1-3H3. The second-order valence-corrected chi connectivity index (χ2v) is 3.45. The maximum Gasteiger partial charge on any atom is 0.277 e. The topological polar surface area (TPSA) is 78.7 Å². The van der Waals surface area contributed by atoms with E-state index in [1.807, 2.05) is 0 Å². The number of rotatable bonds is 5. The first-order valence-corrected chi connectivity index (χ1v) is 4.90. The third-order valence-corrected chi connectivity index (χ3v) is 2.42. The highest BCUT2D eigenvalue weighted by Crippen LogP contribution is 2.37. The molecule has 1 aromatic carbocycles. The zero-order valence-electron chi connectivity index (χ0n) is 9.80. The fourth-order valence-corrected chi connectivity index (χ4v) is 1.48. The van der Waals surface area contributed by atoms with Gasteiger partial charge in [0.25, 0.3) is 5.69 Å². The Labute approximate surface area is 98.3 Å². The van der Waals surface area contributed by atoms with Crippen LogP contribution >= 0.6 is 0 Å². The minimum absolute atomic E-state index is 0.151. The van der Waals surface area contributed by atoms with Crippen molar-refractivity contribution in [3.63, 3.8) is 0 Å². The van der Waals surface area contributed by atoms with Gasteiger partial charge in [-0.05, 0) is 6.07 Å². The Morgan fingerprint density at radius 1 is 1.29 bits per heavy atom. The van der Waals surface area contributed by atoms with Gasteiger partial charge >= 0.3 is 0 Å². The van der Waals surface area contributed by atoms with Gasteiger partial charge in [-0.1, -0.05) is 6.92 Å². The smallest absolute Gasteiger partial charge is 0.277 e. The Bertz CT molecular complexity index is 444. The molecule has 0 aliphatic heterocycles. The maximum atomic E-state index is 10.9. The predicted octanol–water partition coefficient (Wildman–Crippen LogP) is 1.91. The van der Waals surface area contributed by atoms with Crippen molar-refractivity contribution >= 4 is 12.0 Å². The van der Waals surface area contributed by atoms with E-state index in [4.69, 9.17) is 9.47 Å². The fraction of sp³-hybridized carbons (Fsp3) is 0.364. The number of nitro groups is 1. The maximum absolute atomic E-state index is 10.9. The fourth-order valence-electron chi connectivity index (χ4n) is 1.48. The normalized spacial score (nSPS) is 11.7. The molecular weight excluding hydrogens is 226 g/mol. The molecule has 0 aliphatic rings. The van der Waals surface area contributed by atoms with Crippen molar-refractivity contribution in [3.8, 4) is 11.5 Å². The van der Waals surface area contributed by atoms with Gasteiger partial charge in [-0.15, -0.1) is 0 Å². The molecule has 0 radical (unpaired) electrons. The van der Waals surface area contributed by atoms with Crippen LogP contribution in [0.2, 0.25) is 0 Å². The summed E-state index contributed by atoms with van der Waals surface area (Å²) in [5.41, 5.74) is 0.157. The van der Waals surface area contributed by atoms with Crippen molar-refractivity contribution in [1.29, 1.82) is 0 Å². The monoisotopic (exact) mass is 239 g/mol. The first kappa shape index (κ1) is 13.0. The quantitative estimate of drug-likeness (QED) is 0.445. The second kappa shape index (κ2) is 5.29. The zero-order valence-corrected chi connectivity index (χ0v) is 9.80. The van der Waals surface area contributed by atoms with E-state index in [9.17, 15) is 14.9 Å². The number of methoxy groups -OCH3 is 2. The molecule has 0 aromatic heterocycles. The first-order chi connectivity index (χ1) is 8.04. The van der Waals surface area contributed by atoms with Crippen LogP contribution in [0.15, 0.2) is 12.1 Å². The lowest BCUT2D eigenvalue weighted by molar-refractivity contribution is -0.385. The molecule has 1 unspecified atom stereocenters. The van der Waals surface area contributed by atoms with E-state index in [0.717, 1.165) is 0 Å². The van der Waals surface area contributed by atoms with Crippen LogP contribution in [0, 0.1) is 10.1 Å². The molecule has 1 aromatic rings. The number of nitrogens with zero attached hydrogens (tertiary/aromatic N) is 1. The van der Waals surface area contributed by atoms with Crippen LogP contribution in [0.5, 0.6) is 11.5 Å². The number of nitro benzene ring substituents is 1. The first-order valence-electron chi connectivity index (χ1n) is 4.90. The van der Waals surface area contributed by atoms with Crippen LogP contribution in [0.25, 0.3) is 0 Å². The van der Waals surface area contributed by atoms with E-state index in [1.165, 1.54) is 26.4 Å². The molecule has 92 valence electrons. The zero-order chi connectivity index (χ0) is 13.0. The molecule has 0 amide bonds. The lowest BCUT2D eigenvalue weighted by Crippen LogP contribution is -2.03. The van der Waals surface area contributed by atoms with Crippen molar-refractivity contribution in [2.75, 3.05) is 14.2 Å². The summed E-state index contributed by atoms with van der Waals surface area (Å²) in [6.45, 7) is 1.58. The van der Waals surface area contributed by atoms with Crippen molar-refractivity contribution in [1.82, 2.24) is 0 Å². The van der Waals surface area contributed by atoms with Gasteiger partial charge < -0.3 is 14.3 Å². The van der Waals surface area contributed by atoms with Crippen molar-refractivity contribution in [3.05, 3.63) is 27.8 Å². The highest BCUT2D eigenvalue weighted by molar-refractivity contribution is 5.67. The highest BCUT2D eigenvalue weighted by Gasteiger charge is 2.22. The molecule has 0 bridgehead atoms. The highest BCUT2D eigenvalue weighted by atomic mass is 16.6. The van der Waals surface area contributed by atoms with Crippen molar-refractivity contribution in [2.45, 2.75) is 12.8 Å². The second-order valence-electron chi connectivity index (χ2n) is 3.45. The van der Waals surface area contributed by atoms with Crippen LogP contribution in [0.1, 0.15) is 18.4 Å². The molecule has 17 heavy (non-hydrogen) atoms. The molecular formula is C11H13NO5. The van der Waals surface area contributed by atoms with E-state index in [-0.39, 0.29) is 11.4 Å². The predicted molar refractivity (Wildman–Crippen MR) is 60.7 cm³/mol. The SMILES string of the molecule is COc1cc(C(C)C=O)c([N+](=O)[O-])cc1OC. The minimum atomic E-state index is -0.574. The summed E-state index contributed by atoms with van der Waals surface area (Å²) >= 11 is 0. The van der Waals surface area contributed by atoms with Crippen LogP contribution in [-0.2, 0) is 4.79 Å². The van der Waals surface area contributed by atoms with Crippen LogP contribution in [0.4, 0.5) is 5.69 Å². The lowest BCUT2D eigenvalue weighted by atomic mass is 10.00. The number of ether oxygens (including phenoxy) is 2. The summed E-state index contributed by atoms with van der Waals surface area (Å²) in [5, 5.41) is 10.9. The van der Waals surface area contributed by atoms with Gasteiger partial charge in [-0.2, -0.15) is 0 Å². The molecule has 6 nitrogen and oxygen atoms in total. The average Bonchev–Trinajstić information content (AvgIpc) is 2.35. The third-order valence-electron chi connectivity index (χ3n) is 2.42. The molecule has 0 saturated carbocycles. The summed E-state index contributed by atoms with van der Waals surface area (Å²) in [7, 11) is 2.82. The molecule has 0 spiro atoms. The van der Waals surface area contributed by atoms with Gasteiger partial charge in [0.2, 0.25) is 0 Å². The number of carbonyl (C=O) groups is 1. The van der Waals surface area contributed by atoms with Crippen molar-refractivity contribution < 1.29 is 19.2 Å². The average molecular weight is 239 g/mol. The number of aldehydes is 1. The van der Waals surface area contributed by atoms with E-state index in [1.54, 1.807) is 6.92 Å². The molecule has 0 fully saturated rings.